The summed E-state index contributed by atoms with van der Waals surface area (Å²) in [7, 11) is -3.74. The summed E-state index contributed by atoms with van der Waals surface area (Å²) >= 11 is 0. The van der Waals surface area contributed by atoms with Gasteiger partial charge in [0.05, 0.1) is 17.4 Å². The van der Waals surface area contributed by atoms with Gasteiger partial charge in [0.2, 0.25) is 15.9 Å². The molecule has 1 fully saturated rings. The summed E-state index contributed by atoms with van der Waals surface area (Å²) in [5.74, 6) is -0.141. The van der Waals surface area contributed by atoms with E-state index in [0.717, 1.165) is 30.7 Å². The fourth-order valence-electron chi connectivity index (χ4n) is 3.70. The molecule has 0 saturated carbocycles. The lowest BCUT2D eigenvalue weighted by molar-refractivity contribution is -0.126. The standard InChI is InChI=1S/C23H29FN2O4S/c1-2-30-21-11-7-18(8-12-21)5-3-15-25-23(27)19-6-4-16-26(17-19)31(28,29)22-13-9-20(24)10-14-22/h7-14,19H,2-6,15-17H2,1H3,(H,25,27)/t19-/m0/s1. The minimum atomic E-state index is -3.74. The Morgan fingerprint density at radius 3 is 2.55 bits per heavy atom. The molecule has 2 aromatic carbocycles. The summed E-state index contributed by atoms with van der Waals surface area (Å²) in [6, 6.07) is 12.7. The predicted octanol–water partition coefficient (Wildman–Crippen LogP) is 3.37. The Kier molecular flexibility index (Phi) is 8.03. The van der Waals surface area contributed by atoms with Crippen LogP contribution in [-0.4, -0.2) is 44.9 Å². The third kappa shape index (κ3) is 6.27. The van der Waals surface area contributed by atoms with Crippen LogP contribution in [0.5, 0.6) is 5.75 Å². The van der Waals surface area contributed by atoms with Crippen LogP contribution in [0.2, 0.25) is 0 Å². The maximum absolute atomic E-state index is 13.1. The Morgan fingerprint density at radius 2 is 1.87 bits per heavy atom. The second-order valence-corrected chi connectivity index (χ2v) is 9.57. The molecule has 31 heavy (non-hydrogen) atoms. The highest BCUT2D eigenvalue weighted by molar-refractivity contribution is 7.89. The number of amides is 1. The highest BCUT2D eigenvalue weighted by atomic mass is 32.2. The molecule has 0 unspecified atom stereocenters. The minimum absolute atomic E-state index is 0.0466. The van der Waals surface area contributed by atoms with Crippen molar-refractivity contribution in [2.45, 2.75) is 37.5 Å². The van der Waals surface area contributed by atoms with Crippen molar-refractivity contribution < 1.29 is 22.3 Å². The number of rotatable bonds is 9. The molecule has 2 aromatic rings. The van der Waals surface area contributed by atoms with E-state index in [0.29, 0.717) is 32.5 Å². The van der Waals surface area contributed by atoms with E-state index in [1.54, 1.807) is 0 Å². The van der Waals surface area contributed by atoms with E-state index in [-0.39, 0.29) is 23.3 Å². The minimum Gasteiger partial charge on any atom is -0.494 e. The number of aryl methyl sites for hydroxylation is 1. The number of hydrogen-bond donors (Lipinski definition) is 1. The van der Waals surface area contributed by atoms with E-state index in [4.69, 9.17) is 4.74 Å². The topological polar surface area (TPSA) is 75.7 Å². The second-order valence-electron chi connectivity index (χ2n) is 7.63. The predicted molar refractivity (Wildman–Crippen MR) is 117 cm³/mol. The largest absolute Gasteiger partial charge is 0.494 e. The molecule has 8 heteroatoms. The summed E-state index contributed by atoms with van der Waals surface area (Å²) in [4.78, 5) is 12.6. The Morgan fingerprint density at radius 1 is 1.16 bits per heavy atom. The maximum Gasteiger partial charge on any atom is 0.243 e. The fourth-order valence-corrected chi connectivity index (χ4v) is 5.22. The molecule has 0 bridgehead atoms. The van der Waals surface area contributed by atoms with Gasteiger partial charge in [-0.3, -0.25) is 4.79 Å². The zero-order valence-corrected chi connectivity index (χ0v) is 18.5. The Balaban J connectivity index is 1.47. The van der Waals surface area contributed by atoms with Gasteiger partial charge in [0, 0.05) is 19.6 Å². The van der Waals surface area contributed by atoms with Crippen LogP contribution < -0.4 is 10.1 Å². The molecule has 1 heterocycles. The Hall–Kier alpha value is -2.45. The molecule has 6 nitrogen and oxygen atoms in total. The molecule has 0 spiro atoms. The summed E-state index contributed by atoms with van der Waals surface area (Å²) in [6.07, 6.45) is 2.90. The van der Waals surface area contributed by atoms with Crippen molar-refractivity contribution in [1.82, 2.24) is 9.62 Å². The Bertz CT molecular complexity index is 962. The van der Waals surface area contributed by atoms with Gasteiger partial charge in [0.1, 0.15) is 11.6 Å². The summed E-state index contributed by atoms with van der Waals surface area (Å²) in [5.41, 5.74) is 1.17. The van der Waals surface area contributed by atoms with Crippen LogP contribution in [-0.2, 0) is 21.2 Å². The van der Waals surface area contributed by atoms with E-state index in [2.05, 4.69) is 5.32 Å². The number of ether oxygens (including phenoxy) is 1. The number of sulfonamides is 1. The fraction of sp³-hybridized carbons (Fsp3) is 0.435. The highest BCUT2D eigenvalue weighted by Gasteiger charge is 2.33. The van der Waals surface area contributed by atoms with Crippen molar-refractivity contribution in [3.63, 3.8) is 0 Å². The third-order valence-corrected chi connectivity index (χ3v) is 7.26. The highest BCUT2D eigenvalue weighted by Crippen LogP contribution is 2.24. The summed E-state index contributed by atoms with van der Waals surface area (Å²) < 4.78 is 45.5. The zero-order chi connectivity index (χ0) is 22.3. The lowest BCUT2D eigenvalue weighted by Gasteiger charge is -2.31. The van der Waals surface area contributed by atoms with E-state index >= 15 is 0 Å². The molecule has 0 radical (unpaired) electrons. The number of carbonyl (C=O) groups excluding carboxylic acids is 1. The SMILES string of the molecule is CCOc1ccc(CCCNC(=O)[C@H]2CCCN(S(=O)(=O)c3ccc(F)cc3)C2)cc1. The van der Waals surface area contributed by atoms with E-state index in [9.17, 15) is 17.6 Å². The van der Waals surface area contributed by atoms with Crippen molar-refractivity contribution in [1.29, 1.82) is 0 Å². The zero-order valence-electron chi connectivity index (χ0n) is 17.7. The number of benzene rings is 2. The number of hydrogen-bond acceptors (Lipinski definition) is 4. The van der Waals surface area contributed by atoms with Gasteiger partial charge < -0.3 is 10.1 Å². The van der Waals surface area contributed by atoms with Gasteiger partial charge in [-0.1, -0.05) is 12.1 Å². The van der Waals surface area contributed by atoms with Crippen molar-refractivity contribution in [3.8, 4) is 5.75 Å². The van der Waals surface area contributed by atoms with E-state index in [1.807, 2.05) is 31.2 Å². The molecule has 0 aromatic heterocycles. The van der Waals surface area contributed by atoms with Gasteiger partial charge in [-0.05, 0) is 74.6 Å². The number of nitrogens with zero attached hydrogens (tertiary/aromatic N) is 1. The van der Waals surface area contributed by atoms with Gasteiger partial charge in [-0.15, -0.1) is 0 Å². The van der Waals surface area contributed by atoms with Crippen LogP contribution in [0.25, 0.3) is 0 Å². The molecular weight excluding hydrogens is 419 g/mol. The first-order valence-corrected chi connectivity index (χ1v) is 12.1. The van der Waals surface area contributed by atoms with Crippen LogP contribution >= 0.6 is 0 Å². The molecule has 1 aliphatic heterocycles. The van der Waals surface area contributed by atoms with Crippen LogP contribution in [0.1, 0.15) is 31.7 Å². The molecule has 1 aliphatic rings. The van der Waals surface area contributed by atoms with Crippen molar-refractivity contribution in [2.75, 3.05) is 26.2 Å². The van der Waals surface area contributed by atoms with Crippen LogP contribution in [0.15, 0.2) is 53.4 Å². The van der Waals surface area contributed by atoms with Crippen LogP contribution in [0, 0.1) is 11.7 Å². The average molecular weight is 449 g/mol. The van der Waals surface area contributed by atoms with Crippen molar-refractivity contribution in [2.24, 2.45) is 5.92 Å². The molecule has 3 rings (SSSR count). The molecule has 1 N–H and O–H groups in total. The van der Waals surface area contributed by atoms with Gasteiger partial charge in [0.25, 0.3) is 0 Å². The molecule has 1 amide bonds. The smallest absolute Gasteiger partial charge is 0.243 e. The first-order chi connectivity index (χ1) is 14.9. The van der Waals surface area contributed by atoms with E-state index in [1.165, 1.54) is 22.0 Å². The maximum atomic E-state index is 13.1. The van der Waals surface area contributed by atoms with Gasteiger partial charge in [-0.25, -0.2) is 12.8 Å². The quantitative estimate of drug-likeness (QED) is 0.597. The number of piperidine rings is 1. The average Bonchev–Trinajstić information content (AvgIpc) is 2.78. The monoisotopic (exact) mass is 448 g/mol. The molecular formula is C23H29FN2O4S. The first-order valence-electron chi connectivity index (χ1n) is 10.7. The Labute approximate surface area is 183 Å². The second kappa shape index (κ2) is 10.7. The van der Waals surface area contributed by atoms with Gasteiger partial charge >= 0.3 is 0 Å². The summed E-state index contributed by atoms with van der Waals surface area (Å²) in [6.45, 7) is 3.62. The number of nitrogens with one attached hydrogen (secondary N) is 1. The number of carbonyl (C=O) groups is 1. The molecule has 0 aliphatic carbocycles. The molecule has 168 valence electrons. The summed E-state index contributed by atoms with van der Waals surface area (Å²) in [5, 5.41) is 2.94. The van der Waals surface area contributed by atoms with Gasteiger partial charge in [-0.2, -0.15) is 4.31 Å². The molecule has 1 saturated heterocycles. The first kappa shape index (κ1) is 23.2. The van der Waals surface area contributed by atoms with Gasteiger partial charge in [0.15, 0.2) is 0 Å². The van der Waals surface area contributed by atoms with Crippen molar-refractivity contribution in [3.05, 3.63) is 59.9 Å². The van der Waals surface area contributed by atoms with Crippen molar-refractivity contribution >= 4 is 15.9 Å². The normalized spacial score (nSPS) is 17.3. The van der Waals surface area contributed by atoms with Crippen LogP contribution in [0.3, 0.4) is 0 Å². The third-order valence-electron chi connectivity index (χ3n) is 5.38. The lowest BCUT2D eigenvalue weighted by Crippen LogP contribution is -2.45. The molecule has 1 atom stereocenters. The lowest BCUT2D eigenvalue weighted by atomic mass is 9.99. The number of halogens is 1. The van der Waals surface area contributed by atoms with E-state index < -0.39 is 15.8 Å². The van der Waals surface area contributed by atoms with Crippen LogP contribution in [0.4, 0.5) is 4.39 Å².